The van der Waals surface area contributed by atoms with Crippen LogP contribution in [0.5, 0.6) is 0 Å². The molecule has 5 heteroatoms. The lowest BCUT2D eigenvalue weighted by Gasteiger charge is -2.21. The minimum Gasteiger partial charge on any atom is -0.445 e. The van der Waals surface area contributed by atoms with Gasteiger partial charge in [0.15, 0.2) is 0 Å². The molecule has 128 valence electrons. The van der Waals surface area contributed by atoms with Crippen LogP contribution in [0.2, 0.25) is 5.02 Å². The predicted octanol–water partition coefficient (Wildman–Crippen LogP) is 3.83. The molecule has 2 unspecified atom stereocenters. The standard InChI is InChI=1S/C19H23ClN2O2/c1-13-10-16(8-9-17(13)20)11-18(21)14(2)22-19(23)24-12-15-6-4-3-5-7-15/h3-10,14,18H,11-12,21H2,1-2H3,(H,22,23). The summed E-state index contributed by atoms with van der Waals surface area (Å²) in [7, 11) is 0. The minimum absolute atomic E-state index is 0.204. The summed E-state index contributed by atoms with van der Waals surface area (Å²) in [6.07, 6.45) is 0.187. The highest BCUT2D eigenvalue weighted by molar-refractivity contribution is 6.31. The quantitative estimate of drug-likeness (QED) is 0.835. The summed E-state index contributed by atoms with van der Waals surface area (Å²) in [4.78, 5) is 11.9. The predicted molar refractivity (Wildman–Crippen MR) is 97.1 cm³/mol. The Morgan fingerprint density at radius 3 is 2.58 bits per heavy atom. The van der Waals surface area contributed by atoms with Gasteiger partial charge in [0.05, 0.1) is 0 Å². The summed E-state index contributed by atoms with van der Waals surface area (Å²) in [6.45, 7) is 4.07. The number of benzene rings is 2. The van der Waals surface area contributed by atoms with Crippen LogP contribution in [0.15, 0.2) is 48.5 Å². The average Bonchev–Trinajstić information content (AvgIpc) is 2.57. The first-order valence-electron chi connectivity index (χ1n) is 7.93. The van der Waals surface area contributed by atoms with Crippen LogP contribution in [0.4, 0.5) is 4.79 Å². The molecule has 0 spiro atoms. The molecule has 1 amide bonds. The maximum Gasteiger partial charge on any atom is 0.407 e. The third kappa shape index (κ3) is 5.55. The molecule has 0 aliphatic carbocycles. The molecule has 24 heavy (non-hydrogen) atoms. The van der Waals surface area contributed by atoms with E-state index in [1.165, 1.54) is 0 Å². The van der Waals surface area contributed by atoms with E-state index in [1.807, 2.05) is 62.4 Å². The molecule has 3 N–H and O–H groups in total. The Labute approximate surface area is 148 Å². The molecule has 2 aromatic carbocycles. The molecule has 0 radical (unpaired) electrons. The number of carbonyl (C=O) groups excluding carboxylic acids is 1. The number of nitrogens with two attached hydrogens (primary N) is 1. The van der Waals surface area contributed by atoms with Crippen LogP contribution >= 0.6 is 11.6 Å². The molecular formula is C19H23ClN2O2. The van der Waals surface area contributed by atoms with Crippen molar-refractivity contribution in [1.29, 1.82) is 0 Å². The van der Waals surface area contributed by atoms with Crippen LogP contribution in [-0.2, 0) is 17.8 Å². The summed E-state index contributed by atoms with van der Waals surface area (Å²) < 4.78 is 5.21. The van der Waals surface area contributed by atoms with Crippen molar-refractivity contribution >= 4 is 17.7 Å². The lowest BCUT2D eigenvalue weighted by molar-refractivity contribution is 0.135. The fourth-order valence-electron chi connectivity index (χ4n) is 2.34. The van der Waals surface area contributed by atoms with Gasteiger partial charge < -0.3 is 15.8 Å². The SMILES string of the molecule is Cc1cc(CC(N)C(C)NC(=O)OCc2ccccc2)ccc1Cl. The number of ether oxygens (including phenoxy) is 1. The summed E-state index contributed by atoms with van der Waals surface area (Å²) in [6, 6.07) is 15.0. The molecule has 0 saturated carbocycles. The number of aryl methyl sites for hydroxylation is 1. The van der Waals surface area contributed by atoms with E-state index in [9.17, 15) is 4.79 Å². The fraction of sp³-hybridized carbons (Fsp3) is 0.316. The van der Waals surface area contributed by atoms with Crippen molar-refractivity contribution in [1.82, 2.24) is 5.32 Å². The Kier molecular flexibility index (Phi) is 6.64. The molecule has 0 aliphatic heterocycles. The van der Waals surface area contributed by atoms with Gasteiger partial charge in [-0.25, -0.2) is 4.79 Å². The molecule has 0 bridgehead atoms. The third-order valence-electron chi connectivity index (χ3n) is 3.89. The topological polar surface area (TPSA) is 64.3 Å². The smallest absolute Gasteiger partial charge is 0.407 e. The third-order valence-corrected chi connectivity index (χ3v) is 4.32. The molecule has 2 aromatic rings. The number of alkyl carbamates (subject to hydrolysis) is 1. The van der Waals surface area contributed by atoms with Crippen LogP contribution in [0.3, 0.4) is 0 Å². The maximum absolute atomic E-state index is 11.9. The highest BCUT2D eigenvalue weighted by Crippen LogP contribution is 2.17. The molecule has 2 atom stereocenters. The second-order valence-electron chi connectivity index (χ2n) is 5.95. The number of carbonyl (C=O) groups is 1. The van der Waals surface area contributed by atoms with Gasteiger partial charge in [0, 0.05) is 17.1 Å². The highest BCUT2D eigenvalue weighted by atomic mass is 35.5. The molecule has 0 aromatic heterocycles. The van der Waals surface area contributed by atoms with Gasteiger partial charge in [-0.2, -0.15) is 0 Å². The zero-order chi connectivity index (χ0) is 17.5. The molecular weight excluding hydrogens is 324 g/mol. The van der Waals surface area contributed by atoms with Gasteiger partial charge in [-0.05, 0) is 43.0 Å². The van der Waals surface area contributed by atoms with Crippen molar-refractivity contribution < 1.29 is 9.53 Å². The molecule has 0 fully saturated rings. The van der Waals surface area contributed by atoms with Crippen LogP contribution in [-0.4, -0.2) is 18.2 Å². The molecule has 0 heterocycles. The maximum atomic E-state index is 11.9. The van der Waals surface area contributed by atoms with E-state index in [1.54, 1.807) is 0 Å². The van der Waals surface area contributed by atoms with Gasteiger partial charge in [0.25, 0.3) is 0 Å². The van der Waals surface area contributed by atoms with Gasteiger partial charge in [0.2, 0.25) is 0 Å². The summed E-state index contributed by atoms with van der Waals surface area (Å²) in [5.74, 6) is 0. The summed E-state index contributed by atoms with van der Waals surface area (Å²) in [5.41, 5.74) is 9.25. The van der Waals surface area contributed by atoms with Gasteiger partial charge in [-0.3, -0.25) is 0 Å². The van der Waals surface area contributed by atoms with Gasteiger partial charge in [0.1, 0.15) is 6.61 Å². The average molecular weight is 347 g/mol. The number of amides is 1. The summed E-state index contributed by atoms with van der Waals surface area (Å²) in [5, 5.41) is 3.52. The van der Waals surface area contributed by atoms with E-state index in [0.717, 1.165) is 21.7 Å². The number of rotatable bonds is 6. The monoisotopic (exact) mass is 346 g/mol. The highest BCUT2D eigenvalue weighted by Gasteiger charge is 2.17. The first kappa shape index (κ1) is 18.3. The Balaban J connectivity index is 1.80. The molecule has 0 aliphatic rings. The van der Waals surface area contributed by atoms with Gasteiger partial charge >= 0.3 is 6.09 Å². The normalized spacial score (nSPS) is 13.2. The van der Waals surface area contributed by atoms with E-state index in [2.05, 4.69) is 5.32 Å². The van der Waals surface area contributed by atoms with Gasteiger partial charge in [-0.15, -0.1) is 0 Å². The molecule has 4 nitrogen and oxygen atoms in total. The lowest BCUT2D eigenvalue weighted by Crippen LogP contribution is -2.46. The largest absolute Gasteiger partial charge is 0.445 e. The Morgan fingerprint density at radius 1 is 1.21 bits per heavy atom. The van der Waals surface area contributed by atoms with Crippen LogP contribution in [0.25, 0.3) is 0 Å². The number of hydrogen-bond acceptors (Lipinski definition) is 3. The van der Waals surface area contributed by atoms with Crippen molar-refractivity contribution in [2.24, 2.45) is 5.73 Å². The van der Waals surface area contributed by atoms with Gasteiger partial charge in [-0.1, -0.05) is 54.1 Å². The summed E-state index contributed by atoms with van der Waals surface area (Å²) >= 11 is 6.03. The number of hydrogen-bond donors (Lipinski definition) is 2. The first-order valence-corrected chi connectivity index (χ1v) is 8.31. The first-order chi connectivity index (χ1) is 11.5. The van der Waals surface area contributed by atoms with Crippen molar-refractivity contribution in [3.8, 4) is 0 Å². The van der Waals surface area contributed by atoms with E-state index < -0.39 is 6.09 Å². The van der Waals surface area contributed by atoms with Crippen LogP contribution in [0.1, 0.15) is 23.6 Å². The minimum atomic E-state index is -0.464. The second-order valence-corrected chi connectivity index (χ2v) is 6.35. The lowest BCUT2D eigenvalue weighted by atomic mass is 10.00. The fourth-order valence-corrected chi connectivity index (χ4v) is 2.46. The zero-order valence-electron chi connectivity index (χ0n) is 14.0. The Hall–Kier alpha value is -2.04. The van der Waals surface area contributed by atoms with E-state index in [4.69, 9.17) is 22.1 Å². The number of halogens is 1. The van der Waals surface area contributed by atoms with Crippen molar-refractivity contribution in [2.75, 3.05) is 0 Å². The van der Waals surface area contributed by atoms with E-state index in [-0.39, 0.29) is 18.7 Å². The van der Waals surface area contributed by atoms with Crippen LogP contribution < -0.4 is 11.1 Å². The van der Waals surface area contributed by atoms with Crippen molar-refractivity contribution in [3.05, 3.63) is 70.2 Å². The Morgan fingerprint density at radius 2 is 1.92 bits per heavy atom. The molecule has 0 saturated heterocycles. The van der Waals surface area contributed by atoms with Crippen molar-refractivity contribution in [3.63, 3.8) is 0 Å². The number of nitrogens with one attached hydrogen (secondary N) is 1. The van der Waals surface area contributed by atoms with Crippen molar-refractivity contribution in [2.45, 2.75) is 39.0 Å². The zero-order valence-corrected chi connectivity index (χ0v) is 14.7. The van der Waals surface area contributed by atoms with E-state index in [0.29, 0.717) is 6.42 Å². The van der Waals surface area contributed by atoms with E-state index >= 15 is 0 Å². The second kappa shape index (κ2) is 8.71. The Bertz CT molecular complexity index is 676. The van der Waals surface area contributed by atoms with Crippen LogP contribution in [0, 0.1) is 6.92 Å². The molecule has 2 rings (SSSR count).